The zero-order valence-corrected chi connectivity index (χ0v) is 21.7. The monoisotopic (exact) mass is 493 g/mol. The summed E-state index contributed by atoms with van der Waals surface area (Å²) in [5.74, 6) is 0.644. The van der Waals surface area contributed by atoms with Gasteiger partial charge in [0.15, 0.2) is 5.67 Å². The van der Waals surface area contributed by atoms with Gasteiger partial charge in [0, 0.05) is 17.5 Å². The number of pyridine rings is 1. The predicted molar refractivity (Wildman–Crippen MR) is 144 cm³/mol. The zero-order chi connectivity index (χ0) is 25.7. The van der Waals surface area contributed by atoms with Crippen LogP contribution in [0.5, 0.6) is 0 Å². The van der Waals surface area contributed by atoms with Crippen molar-refractivity contribution in [3.63, 3.8) is 0 Å². The molecule has 36 heavy (non-hydrogen) atoms. The molecule has 5 unspecified atom stereocenters. The molecule has 0 amide bonds. The van der Waals surface area contributed by atoms with Gasteiger partial charge in [-0.15, -0.1) is 0 Å². The van der Waals surface area contributed by atoms with Gasteiger partial charge in [-0.2, -0.15) is 0 Å². The number of fused-ring (bicyclic) bond motifs is 5. The Kier molecular flexibility index (Phi) is 6.51. The van der Waals surface area contributed by atoms with Crippen molar-refractivity contribution in [1.82, 2.24) is 10.3 Å². The van der Waals surface area contributed by atoms with Crippen LogP contribution in [-0.2, 0) is 0 Å². The van der Waals surface area contributed by atoms with Crippen LogP contribution < -0.4 is 11.1 Å². The minimum absolute atomic E-state index is 0.168. The molecule has 2 aromatic rings. The Hall–Kier alpha value is -2.28. The molecule has 0 radical (unpaired) electrons. The van der Waals surface area contributed by atoms with Gasteiger partial charge in [0.1, 0.15) is 11.4 Å². The maximum absolute atomic E-state index is 16.7. The number of aromatic nitrogens is 1. The number of anilines is 1. The van der Waals surface area contributed by atoms with Gasteiger partial charge in [0.2, 0.25) is 0 Å². The highest BCUT2D eigenvalue weighted by molar-refractivity contribution is 5.93. The third kappa shape index (κ3) is 3.89. The van der Waals surface area contributed by atoms with Crippen LogP contribution in [0.25, 0.3) is 16.3 Å². The number of hydrogen-bond donors (Lipinski definition) is 4. The van der Waals surface area contributed by atoms with Crippen molar-refractivity contribution in [1.29, 1.82) is 0 Å². The fourth-order valence-corrected chi connectivity index (χ4v) is 7.61. The molecule has 194 valence electrons. The number of hydrogen-bond acceptors (Lipinski definition) is 5. The number of alkyl halides is 1. The van der Waals surface area contributed by atoms with E-state index in [1.807, 2.05) is 26.2 Å². The van der Waals surface area contributed by atoms with E-state index in [0.29, 0.717) is 37.9 Å². The van der Waals surface area contributed by atoms with Crippen LogP contribution in [0.2, 0.25) is 0 Å². The van der Waals surface area contributed by atoms with Gasteiger partial charge in [0.05, 0.1) is 6.10 Å². The Morgan fingerprint density at radius 1 is 1.11 bits per heavy atom. The highest BCUT2D eigenvalue weighted by atomic mass is 19.1. The normalized spacial score (nSPS) is 37.4. The zero-order valence-electron chi connectivity index (χ0n) is 21.7. The highest BCUT2D eigenvalue weighted by Crippen LogP contribution is 2.65. The standard InChI is InChI=1S/C28H33FN2O2.C2H7N/c1-26-11-12-27(29)16-20-15-21(32)4-2-17(20)8-10-28(27,33)24(26)7-6-23(26)19-3-5-22-18(14-19)9-13-31-25(22)30;1-3-2/h3,5-6,9,13-14,16-17,21,24,32-33H,2,4,7-8,10-12,15H2,1H3,(H2,30,31);3H,1-2H3/t17?,21?,24?,26?,27?,28-;/m0./s1. The van der Waals surface area contributed by atoms with Crippen LogP contribution in [-0.4, -0.2) is 46.7 Å². The number of allylic oxidation sites excluding steroid dienone is 2. The number of nitrogens with one attached hydrogen (secondary N) is 1. The third-order valence-corrected chi connectivity index (χ3v) is 9.48. The van der Waals surface area contributed by atoms with E-state index < -0.39 is 11.3 Å². The van der Waals surface area contributed by atoms with Crippen LogP contribution >= 0.6 is 0 Å². The first kappa shape index (κ1) is 25.4. The lowest BCUT2D eigenvalue weighted by Gasteiger charge is -2.55. The molecule has 6 atom stereocenters. The Morgan fingerprint density at radius 3 is 2.67 bits per heavy atom. The smallest absolute Gasteiger partial charge is 0.158 e. The van der Waals surface area contributed by atoms with Crippen molar-refractivity contribution in [3.8, 4) is 0 Å². The number of benzene rings is 1. The molecule has 4 aliphatic carbocycles. The molecule has 0 aliphatic heterocycles. The van der Waals surface area contributed by atoms with E-state index >= 15 is 4.39 Å². The summed E-state index contributed by atoms with van der Waals surface area (Å²) in [6, 6.07) is 8.23. The summed E-state index contributed by atoms with van der Waals surface area (Å²) < 4.78 is 16.7. The Bertz CT molecular complexity index is 1210. The van der Waals surface area contributed by atoms with E-state index in [2.05, 4.69) is 35.4 Å². The summed E-state index contributed by atoms with van der Waals surface area (Å²) in [5.41, 5.74) is 6.01. The Balaban J connectivity index is 0.000000848. The van der Waals surface area contributed by atoms with Crippen molar-refractivity contribution < 1.29 is 14.6 Å². The molecule has 0 spiro atoms. The molecule has 5 N–H and O–H groups in total. The fourth-order valence-electron chi connectivity index (χ4n) is 7.61. The van der Waals surface area contributed by atoms with Gasteiger partial charge in [-0.05, 0) is 112 Å². The first-order valence-corrected chi connectivity index (χ1v) is 13.4. The second kappa shape index (κ2) is 9.23. The summed E-state index contributed by atoms with van der Waals surface area (Å²) in [5, 5.41) is 27.0. The first-order valence-electron chi connectivity index (χ1n) is 13.4. The second-order valence-corrected chi connectivity index (χ2v) is 11.6. The summed E-state index contributed by atoms with van der Waals surface area (Å²) in [6.07, 6.45) is 10.5. The van der Waals surface area contributed by atoms with Gasteiger partial charge >= 0.3 is 0 Å². The van der Waals surface area contributed by atoms with Crippen molar-refractivity contribution in [2.24, 2.45) is 17.3 Å². The molecular weight excluding hydrogens is 453 g/mol. The summed E-state index contributed by atoms with van der Waals surface area (Å²) in [7, 11) is 3.75. The Morgan fingerprint density at radius 2 is 1.89 bits per heavy atom. The fraction of sp³-hybridized carbons (Fsp3) is 0.567. The lowest BCUT2D eigenvalue weighted by atomic mass is 9.53. The van der Waals surface area contributed by atoms with E-state index in [0.717, 1.165) is 41.2 Å². The summed E-state index contributed by atoms with van der Waals surface area (Å²) in [4.78, 5) is 4.19. The maximum atomic E-state index is 16.7. The van der Waals surface area contributed by atoms with E-state index in [-0.39, 0.29) is 23.4 Å². The minimum Gasteiger partial charge on any atom is -0.393 e. The van der Waals surface area contributed by atoms with Crippen LogP contribution in [0.3, 0.4) is 0 Å². The second-order valence-electron chi connectivity index (χ2n) is 11.6. The molecule has 0 saturated heterocycles. The van der Waals surface area contributed by atoms with E-state index in [1.54, 1.807) is 12.3 Å². The molecule has 1 aromatic heterocycles. The maximum Gasteiger partial charge on any atom is 0.158 e. The van der Waals surface area contributed by atoms with E-state index in [9.17, 15) is 10.2 Å². The average molecular weight is 494 g/mol. The Labute approximate surface area is 213 Å². The van der Waals surface area contributed by atoms with Crippen LogP contribution in [0.1, 0.15) is 63.9 Å². The van der Waals surface area contributed by atoms with Crippen LogP contribution in [0.4, 0.5) is 10.2 Å². The number of aliphatic hydroxyl groups excluding tert-OH is 1. The number of nitrogen functional groups attached to an aromatic ring is 1. The largest absolute Gasteiger partial charge is 0.393 e. The molecule has 2 saturated carbocycles. The van der Waals surface area contributed by atoms with Crippen molar-refractivity contribution in [3.05, 3.63) is 53.8 Å². The minimum atomic E-state index is -1.73. The van der Waals surface area contributed by atoms with Crippen molar-refractivity contribution in [2.75, 3.05) is 19.8 Å². The number of halogens is 1. The van der Waals surface area contributed by atoms with Crippen molar-refractivity contribution in [2.45, 2.75) is 75.7 Å². The van der Waals surface area contributed by atoms with Gasteiger partial charge < -0.3 is 21.3 Å². The number of aliphatic hydroxyl groups is 2. The van der Waals surface area contributed by atoms with Gasteiger partial charge in [0.25, 0.3) is 0 Å². The van der Waals surface area contributed by atoms with E-state index in [1.165, 1.54) is 5.57 Å². The SMILES string of the molecule is CC12CCC3(F)C=C4CC(O)CCC4CC[C@]3(O)C1CC=C2c1ccc2c(N)nccc2c1.CNC. The highest BCUT2D eigenvalue weighted by Gasteiger charge is 2.65. The van der Waals surface area contributed by atoms with Crippen LogP contribution in [0.15, 0.2) is 48.2 Å². The molecule has 0 bridgehead atoms. The lowest BCUT2D eigenvalue weighted by molar-refractivity contribution is -0.172. The van der Waals surface area contributed by atoms with Gasteiger partial charge in [-0.3, -0.25) is 0 Å². The molecule has 6 heteroatoms. The van der Waals surface area contributed by atoms with Crippen LogP contribution in [0, 0.1) is 17.3 Å². The number of rotatable bonds is 1. The molecule has 5 nitrogen and oxygen atoms in total. The quantitative estimate of drug-likeness (QED) is 0.411. The third-order valence-electron chi connectivity index (χ3n) is 9.48. The molecule has 2 fully saturated rings. The molecule has 6 rings (SSSR count). The van der Waals surface area contributed by atoms with Crippen molar-refractivity contribution >= 4 is 22.2 Å². The predicted octanol–water partition coefficient (Wildman–Crippen LogP) is 5.18. The van der Waals surface area contributed by atoms with Gasteiger partial charge in [-0.25, -0.2) is 9.37 Å². The molecular formula is C30H40FN3O2. The molecule has 4 aliphatic rings. The first-order chi connectivity index (χ1) is 17.1. The summed E-state index contributed by atoms with van der Waals surface area (Å²) >= 11 is 0. The lowest BCUT2D eigenvalue weighted by Crippen LogP contribution is -2.61. The topological polar surface area (TPSA) is 91.4 Å². The molecule has 1 heterocycles. The van der Waals surface area contributed by atoms with Gasteiger partial charge in [-0.1, -0.05) is 30.7 Å². The average Bonchev–Trinajstić information content (AvgIpc) is 3.15. The number of nitrogens with zero attached hydrogens (tertiary/aromatic N) is 1. The summed E-state index contributed by atoms with van der Waals surface area (Å²) in [6.45, 7) is 2.22. The number of nitrogens with two attached hydrogens (primary N) is 1. The van der Waals surface area contributed by atoms with E-state index in [4.69, 9.17) is 5.73 Å². The molecule has 1 aromatic carbocycles.